The number of anilines is 2. The van der Waals surface area contributed by atoms with Gasteiger partial charge in [-0.05, 0) is 6.92 Å². The predicted molar refractivity (Wildman–Crippen MR) is 90.9 cm³/mol. The second kappa shape index (κ2) is 5.99. The van der Waals surface area contributed by atoms with E-state index < -0.39 is 0 Å². The molecule has 9 heteroatoms. The molecule has 0 atom stereocenters. The molecule has 0 aliphatic carbocycles. The number of hydrogen-bond acceptors (Lipinski definition) is 8. The maximum atomic E-state index is 9.71. The summed E-state index contributed by atoms with van der Waals surface area (Å²) in [7, 11) is 0. The predicted octanol–water partition coefficient (Wildman–Crippen LogP) is 0.785. The molecule has 0 amide bonds. The highest BCUT2D eigenvalue weighted by Gasteiger charge is 2.22. The molecule has 1 aliphatic rings. The summed E-state index contributed by atoms with van der Waals surface area (Å²) < 4.78 is 7.21. The fraction of sp³-hybridized carbons (Fsp3) is 0.312. The summed E-state index contributed by atoms with van der Waals surface area (Å²) in [4.78, 5) is 19.5. The highest BCUT2D eigenvalue weighted by atomic mass is 16.5. The van der Waals surface area contributed by atoms with Gasteiger partial charge in [0.1, 0.15) is 11.8 Å². The Kier molecular flexibility index (Phi) is 3.66. The molecular weight excluding hydrogens is 320 g/mol. The largest absolute Gasteiger partial charge is 0.378 e. The summed E-state index contributed by atoms with van der Waals surface area (Å²) in [6, 6.07) is 2.23. The molecule has 3 aromatic heterocycles. The van der Waals surface area contributed by atoms with Gasteiger partial charge in [0.05, 0.1) is 18.9 Å². The molecule has 3 aromatic rings. The third-order valence-corrected chi connectivity index (χ3v) is 4.07. The zero-order valence-corrected chi connectivity index (χ0v) is 13.7. The standard InChI is InChI=1S/C16H16N8O/c1-10-9-24-12(6-17)13(11-7-19-16(18)20-8-11)22-14(15(24)21-10)23-2-4-25-5-3-23/h7-9H,2-5H2,1H3,(H2,18,19,20). The van der Waals surface area contributed by atoms with Crippen molar-refractivity contribution in [1.82, 2.24) is 24.3 Å². The number of ether oxygens (including phenoxy) is 1. The lowest BCUT2D eigenvalue weighted by Crippen LogP contribution is -2.37. The van der Waals surface area contributed by atoms with Gasteiger partial charge in [-0.3, -0.25) is 4.40 Å². The summed E-state index contributed by atoms with van der Waals surface area (Å²) >= 11 is 0. The van der Waals surface area contributed by atoms with Gasteiger partial charge in [-0.2, -0.15) is 5.26 Å². The van der Waals surface area contributed by atoms with Gasteiger partial charge in [0, 0.05) is 37.2 Å². The van der Waals surface area contributed by atoms with Crippen LogP contribution in [0, 0.1) is 18.3 Å². The van der Waals surface area contributed by atoms with Crippen LogP contribution < -0.4 is 10.6 Å². The molecule has 126 valence electrons. The molecule has 1 saturated heterocycles. The smallest absolute Gasteiger partial charge is 0.219 e. The Morgan fingerprint density at radius 2 is 1.92 bits per heavy atom. The molecular formula is C16H16N8O. The first-order valence-electron chi connectivity index (χ1n) is 7.88. The number of aromatic nitrogens is 5. The lowest BCUT2D eigenvalue weighted by atomic mass is 10.2. The van der Waals surface area contributed by atoms with Crippen LogP contribution >= 0.6 is 0 Å². The van der Waals surface area contributed by atoms with E-state index in [1.807, 2.05) is 13.1 Å². The Morgan fingerprint density at radius 3 is 2.60 bits per heavy atom. The maximum absolute atomic E-state index is 9.71. The summed E-state index contributed by atoms with van der Waals surface area (Å²) in [5.41, 5.74) is 8.58. The Bertz CT molecular complexity index is 966. The van der Waals surface area contributed by atoms with Crippen molar-refractivity contribution in [3.8, 4) is 17.3 Å². The first-order valence-corrected chi connectivity index (χ1v) is 7.88. The van der Waals surface area contributed by atoms with E-state index in [9.17, 15) is 5.26 Å². The van der Waals surface area contributed by atoms with E-state index >= 15 is 0 Å². The van der Waals surface area contributed by atoms with Crippen LogP contribution in [0.5, 0.6) is 0 Å². The van der Waals surface area contributed by atoms with Crippen molar-refractivity contribution >= 4 is 17.4 Å². The molecule has 1 aliphatic heterocycles. The van der Waals surface area contributed by atoms with Crippen LogP contribution in [0.4, 0.5) is 11.8 Å². The maximum Gasteiger partial charge on any atom is 0.219 e. The number of aryl methyl sites for hydroxylation is 1. The molecule has 0 unspecified atom stereocenters. The number of hydrogen-bond donors (Lipinski definition) is 1. The van der Waals surface area contributed by atoms with Crippen LogP contribution in [0.1, 0.15) is 11.4 Å². The van der Waals surface area contributed by atoms with E-state index in [2.05, 4.69) is 25.9 Å². The molecule has 9 nitrogen and oxygen atoms in total. The third kappa shape index (κ3) is 2.62. The van der Waals surface area contributed by atoms with Crippen LogP contribution in [0.15, 0.2) is 18.6 Å². The zero-order chi connectivity index (χ0) is 17.4. The van der Waals surface area contributed by atoms with Gasteiger partial charge < -0.3 is 15.4 Å². The molecule has 4 rings (SSSR count). The van der Waals surface area contributed by atoms with E-state index in [-0.39, 0.29) is 5.95 Å². The number of imidazole rings is 1. The van der Waals surface area contributed by atoms with E-state index in [0.29, 0.717) is 35.8 Å². The van der Waals surface area contributed by atoms with Gasteiger partial charge in [-0.1, -0.05) is 0 Å². The summed E-state index contributed by atoms with van der Waals surface area (Å²) in [6.07, 6.45) is 4.98. The number of fused-ring (bicyclic) bond motifs is 1. The van der Waals surface area contributed by atoms with E-state index in [1.54, 1.807) is 16.8 Å². The van der Waals surface area contributed by atoms with E-state index in [1.165, 1.54) is 0 Å². The van der Waals surface area contributed by atoms with Crippen molar-refractivity contribution in [2.75, 3.05) is 36.9 Å². The molecule has 1 fully saturated rings. The Labute approximate surface area is 143 Å². The number of morpholine rings is 1. The molecule has 0 saturated carbocycles. The average molecular weight is 336 g/mol. The molecule has 2 N–H and O–H groups in total. The van der Waals surface area contributed by atoms with Crippen LogP contribution in [0.2, 0.25) is 0 Å². The van der Waals surface area contributed by atoms with Crippen LogP contribution in [0.25, 0.3) is 16.9 Å². The van der Waals surface area contributed by atoms with E-state index in [0.717, 1.165) is 24.6 Å². The number of nitrogens with zero attached hydrogens (tertiary/aromatic N) is 7. The number of nitrogens with two attached hydrogens (primary N) is 1. The monoisotopic (exact) mass is 336 g/mol. The van der Waals surface area contributed by atoms with Crippen molar-refractivity contribution in [3.05, 3.63) is 30.0 Å². The first kappa shape index (κ1) is 15.3. The summed E-state index contributed by atoms with van der Waals surface area (Å²) in [5.74, 6) is 0.900. The van der Waals surface area contributed by atoms with Gasteiger partial charge in [-0.15, -0.1) is 0 Å². The van der Waals surface area contributed by atoms with Gasteiger partial charge in [0.2, 0.25) is 5.95 Å². The number of nitriles is 1. The average Bonchev–Trinajstić information content (AvgIpc) is 3.03. The fourth-order valence-electron chi connectivity index (χ4n) is 2.90. The van der Waals surface area contributed by atoms with Crippen molar-refractivity contribution in [2.45, 2.75) is 6.92 Å². The summed E-state index contributed by atoms with van der Waals surface area (Å²) in [6.45, 7) is 4.60. The number of rotatable bonds is 2. The van der Waals surface area contributed by atoms with E-state index in [4.69, 9.17) is 15.5 Å². The number of nitrogen functional groups attached to an aromatic ring is 1. The summed E-state index contributed by atoms with van der Waals surface area (Å²) in [5, 5.41) is 9.71. The van der Waals surface area contributed by atoms with Crippen LogP contribution in [-0.2, 0) is 4.74 Å². The molecule has 4 heterocycles. The molecule has 0 radical (unpaired) electrons. The van der Waals surface area contributed by atoms with Gasteiger partial charge in [0.15, 0.2) is 17.2 Å². The first-order chi connectivity index (χ1) is 12.2. The molecule has 0 aromatic carbocycles. The van der Waals surface area contributed by atoms with Gasteiger partial charge in [0.25, 0.3) is 0 Å². The minimum atomic E-state index is 0.176. The Morgan fingerprint density at radius 1 is 1.20 bits per heavy atom. The Hall–Kier alpha value is -3.25. The van der Waals surface area contributed by atoms with Crippen LogP contribution in [-0.4, -0.2) is 50.6 Å². The molecule has 0 spiro atoms. The quantitative estimate of drug-likeness (QED) is 0.729. The van der Waals surface area contributed by atoms with Crippen molar-refractivity contribution in [1.29, 1.82) is 5.26 Å². The molecule has 0 bridgehead atoms. The fourth-order valence-corrected chi connectivity index (χ4v) is 2.90. The minimum absolute atomic E-state index is 0.176. The third-order valence-electron chi connectivity index (χ3n) is 4.07. The topological polar surface area (TPSA) is 118 Å². The lowest BCUT2D eigenvalue weighted by molar-refractivity contribution is 0.122. The van der Waals surface area contributed by atoms with Crippen molar-refractivity contribution in [3.63, 3.8) is 0 Å². The normalized spacial score (nSPS) is 14.6. The van der Waals surface area contributed by atoms with Crippen LogP contribution in [0.3, 0.4) is 0 Å². The molecule has 25 heavy (non-hydrogen) atoms. The highest BCUT2D eigenvalue weighted by molar-refractivity contribution is 5.74. The van der Waals surface area contributed by atoms with Crippen molar-refractivity contribution < 1.29 is 4.74 Å². The second-order valence-electron chi connectivity index (χ2n) is 5.75. The SMILES string of the molecule is Cc1cn2c(C#N)c(-c3cnc(N)nc3)nc(N3CCOCC3)c2n1. The zero-order valence-electron chi connectivity index (χ0n) is 13.7. The van der Waals surface area contributed by atoms with Gasteiger partial charge in [-0.25, -0.2) is 19.9 Å². The second-order valence-corrected chi connectivity index (χ2v) is 5.75. The lowest BCUT2D eigenvalue weighted by Gasteiger charge is -2.28. The highest BCUT2D eigenvalue weighted by Crippen LogP contribution is 2.28. The van der Waals surface area contributed by atoms with Crippen molar-refractivity contribution in [2.24, 2.45) is 0 Å². The Balaban J connectivity index is 1.98. The van der Waals surface area contributed by atoms with Gasteiger partial charge >= 0.3 is 0 Å². The minimum Gasteiger partial charge on any atom is -0.378 e.